The molecule has 0 aliphatic rings. The molecule has 5 nitrogen and oxygen atoms in total. The van der Waals surface area contributed by atoms with E-state index >= 15 is 0 Å². The number of amides is 2. The Morgan fingerprint density at radius 3 is 2.32 bits per heavy atom. The lowest BCUT2D eigenvalue weighted by molar-refractivity contribution is 0.252. The molecule has 0 saturated heterocycles. The number of anilines is 1. The summed E-state index contributed by atoms with van der Waals surface area (Å²) in [4.78, 5) is 20.6. The first-order chi connectivity index (χ1) is 12.2. The Hall–Kier alpha value is -3.21. The molecule has 0 unspecified atom stereocenters. The Bertz CT molecular complexity index is 815. The molecule has 2 aromatic carbocycles. The van der Waals surface area contributed by atoms with Gasteiger partial charge in [-0.3, -0.25) is 0 Å². The lowest BCUT2D eigenvalue weighted by Crippen LogP contribution is -2.30. The third-order valence-electron chi connectivity index (χ3n) is 3.75. The van der Waals surface area contributed by atoms with Gasteiger partial charge in [0.25, 0.3) is 0 Å². The number of carbonyl (C=O) groups excluding carboxylic acids is 1. The molecule has 0 aliphatic carbocycles. The largest absolute Gasteiger partial charge is 0.338 e. The van der Waals surface area contributed by atoms with Crippen LogP contribution in [0.25, 0.3) is 11.4 Å². The molecule has 0 fully saturated rings. The SMILES string of the molecule is Cc1ccc(NC(=O)NCCc2cnc(-c3ccccc3)nc2)cc1. The number of hydrogen-bond donors (Lipinski definition) is 2. The van der Waals surface area contributed by atoms with Gasteiger partial charge in [-0.1, -0.05) is 48.0 Å². The molecule has 5 heteroatoms. The molecule has 0 aliphatic heterocycles. The Balaban J connectivity index is 1.47. The van der Waals surface area contributed by atoms with Gasteiger partial charge in [0.1, 0.15) is 0 Å². The molecule has 0 radical (unpaired) electrons. The van der Waals surface area contributed by atoms with Crippen LogP contribution in [-0.2, 0) is 6.42 Å². The van der Waals surface area contributed by atoms with E-state index in [2.05, 4.69) is 20.6 Å². The maximum atomic E-state index is 11.9. The third-order valence-corrected chi connectivity index (χ3v) is 3.75. The van der Waals surface area contributed by atoms with Crippen LogP contribution in [-0.4, -0.2) is 22.5 Å². The first-order valence-electron chi connectivity index (χ1n) is 8.18. The number of benzene rings is 2. The highest BCUT2D eigenvalue weighted by Crippen LogP contribution is 2.13. The molecule has 2 N–H and O–H groups in total. The second kappa shape index (κ2) is 8.06. The molecule has 3 rings (SSSR count). The van der Waals surface area contributed by atoms with Gasteiger partial charge >= 0.3 is 6.03 Å². The zero-order valence-corrected chi connectivity index (χ0v) is 14.1. The fourth-order valence-electron chi connectivity index (χ4n) is 2.35. The second-order valence-electron chi connectivity index (χ2n) is 5.78. The number of urea groups is 1. The van der Waals surface area contributed by atoms with E-state index in [0.29, 0.717) is 18.8 Å². The first kappa shape index (κ1) is 16.6. The highest BCUT2D eigenvalue weighted by Gasteiger charge is 2.03. The number of rotatable bonds is 5. The molecule has 1 heterocycles. The summed E-state index contributed by atoms with van der Waals surface area (Å²) in [6.07, 6.45) is 4.28. The van der Waals surface area contributed by atoms with E-state index in [9.17, 15) is 4.79 Å². The molecule has 2 amide bonds. The maximum absolute atomic E-state index is 11.9. The highest BCUT2D eigenvalue weighted by molar-refractivity contribution is 5.89. The molecular weight excluding hydrogens is 312 g/mol. The second-order valence-corrected chi connectivity index (χ2v) is 5.78. The predicted molar refractivity (Wildman–Crippen MR) is 99.4 cm³/mol. The van der Waals surface area contributed by atoms with Gasteiger partial charge in [0.15, 0.2) is 5.82 Å². The smallest absolute Gasteiger partial charge is 0.319 e. The minimum Gasteiger partial charge on any atom is -0.338 e. The van der Waals surface area contributed by atoms with Crippen molar-refractivity contribution in [2.45, 2.75) is 13.3 Å². The van der Waals surface area contributed by atoms with Crippen molar-refractivity contribution in [2.24, 2.45) is 0 Å². The highest BCUT2D eigenvalue weighted by atomic mass is 16.2. The van der Waals surface area contributed by atoms with Crippen molar-refractivity contribution in [1.82, 2.24) is 15.3 Å². The van der Waals surface area contributed by atoms with Crippen LogP contribution >= 0.6 is 0 Å². The van der Waals surface area contributed by atoms with E-state index in [1.54, 1.807) is 12.4 Å². The summed E-state index contributed by atoms with van der Waals surface area (Å²) in [5, 5.41) is 5.64. The number of carbonyl (C=O) groups is 1. The van der Waals surface area contributed by atoms with E-state index in [-0.39, 0.29) is 6.03 Å². The zero-order chi connectivity index (χ0) is 17.5. The fraction of sp³-hybridized carbons (Fsp3) is 0.150. The molecule has 0 bridgehead atoms. The summed E-state index contributed by atoms with van der Waals surface area (Å²) in [5.74, 6) is 0.703. The van der Waals surface area contributed by atoms with E-state index in [1.165, 1.54) is 0 Å². The van der Waals surface area contributed by atoms with E-state index in [1.807, 2.05) is 61.5 Å². The van der Waals surface area contributed by atoms with E-state index in [4.69, 9.17) is 0 Å². The quantitative estimate of drug-likeness (QED) is 0.746. The average molecular weight is 332 g/mol. The standard InChI is InChI=1S/C20H20N4O/c1-15-7-9-18(10-8-15)24-20(25)21-12-11-16-13-22-19(23-14-16)17-5-3-2-4-6-17/h2-10,13-14H,11-12H2,1H3,(H2,21,24,25). The van der Waals surface area contributed by atoms with Crippen molar-refractivity contribution in [3.05, 3.63) is 78.1 Å². The molecule has 3 aromatic rings. The average Bonchev–Trinajstić information content (AvgIpc) is 2.65. The third kappa shape index (κ3) is 4.88. The number of nitrogens with zero attached hydrogens (tertiary/aromatic N) is 2. The monoisotopic (exact) mass is 332 g/mol. The number of aryl methyl sites for hydroxylation is 1. The molecular formula is C20H20N4O. The summed E-state index contributed by atoms with van der Waals surface area (Å²) >= 11 is 0. The predicted octanol–water partition coefficient (Wildman–Crippen LogP) is 3.82. The van der Waals surface area contributed by atoms with Gasteiger partial charge in [0, 0.05) is 30.2 Å². The normalized spacial score (nSPS) is 10.3. The van der Waals surface area contributed by atoms with E-state index in [0.717, 1.165) is 22.4 Å². The van der Waals surface area contributed by atoms with Crippen molar-refractivity contribution in [3.8, 4) is 11.4 Å². The van der Waals surface area contributed by atoms with Gasteiger partial charge in [-0.15, -0.1) is 0 Å². The van der Waals surface area contributed by atoms with Crippen LogP contribution in [0.5, 0.6) is 0 Å². The summed E-state index contributed by atoms with van der Waals surface area (Å²) in [5.41, 5.74) is 3.91. The number of nitrogens with one attached hydrogen (secondary N) is 2. The summed E-state index contributed by atoms with van der Waals surface area (Å²) in [6.45, 7) is 2.53. The van der Waals surface area contributed by atoms with Crippen molar-refractivity contribution < 1.29 is 4.79 Å². The van der Waals surface area contributed by atoms with Crippen LogP contribution < -0.4 is 10.6 Å². The molecule has 0 spiro atoms. The van der Waals surface area contributed by atoms with Crippen molar-refractivity contribution in [3.63, 3.8) is 0 Å². The van der Waals surface area contributed by atoms with Crippen molar-refractivity contribution in [1.29, 1.82) is 0 Å². The lowest BCUT2D eigenvalue weighted by Gasteiger charge is -2.08. The molecule has 126 valence electrons. The zero-order valence-electron chi connectivity index (χ0n) is 14.1. The van der Waals surface area contributed by atoms with Crippen LogP contribution in [0.15, 0.2) is 67.0 Å². The first-order valence-corrected chi connectivity index (χ1v) is 8.18. The minimum absolute atomic E-state index is 0.217. The fourth-order valence-corrected chi connectivity index (χ4v) is 2.35. The van der Waals surface area contributed by atoms with Gasteiger partial charge in [-0.2, -0.15) is 0 Å². The van der Waals surface area contributed by atoms with Crippen LogP contribution in [0.1, 0.15) is 11.1 Å². The molecule has 0 atom stereocenters. The van der Waals surface area contributed by atoms with Gasteiger partial charge < -0.3 is 10.6 Å². The molecule has 0 saturated carbocycles. The number of hydrogen-bond acceptors (Lipinski definition) is 3. The Kier molecular flexibility index (Phi) is 5.36. The van der Waals surface area contributed by atoms with Crippen LogP contribution in [0.4, 0.5) is 10.5 Å². The van der Waals surface area contributed by atoms with Crippen molar-refractivity contribution in [2.75, 3.05) is 11.9 Å². The minimum atomic E-state index is -0.217. The lowest BCUT2D eigenvalue weighted by atomic mass is 10.2. The Morgan fingerprint density at radius 2 is 1.64 bits per heavy atom. The molecule has 1 aromatic heterocycles. The van der Waals surface area contributed by atoms with Gasteiger partial charge in [-0.05, 0) is 31.0 Å². The molecule has 25 heavy (non-hydrogen) atoms. The van der Waals surface area contributed by atoms with Crippen LogP contribution in [0.2, 0.25) is 0 Å². The van der Waals surface area contributed by atoms with Gasteiger partial charge in [-0.25, -0.2) is 14.8 Å². The summed E-state index contributed by atoms with van der Waals surface area (Å²) < 4.78 is 0. The van der Waals surface area contributed by atoms with Crippen molar-refractivity contribution >= 4 is 11.7 Å². The van der Waals surface area contributed by atoms with Gasteiger partial charge in [0.2, 0.25) is 0 Å². The summed E-state index contributed by atoms with van der Waals surface area (Å²) in [7, 11) is 0. The van der Waals surface area contributed by atoms with Gasteiger partial charge in [0.05, 0.1) is 0 Å². The van der Waals surface area contributed by atoms with Crippen LogP contribution in [0.3, 0.4) is 0 Å². The topological polar surface area (TPSA) is 66.9 Å². The van der Waals surface area contributed by atoms with Crippen LogP contribution in [0, 0.1) is 6.92 Å². The summed E-state index contributed by atoms with van der Waals surface area (Å²) in [6, 6.07) is 17.3. The van der Waals surface area contributed by atoms with E-state index < -0.39 is 0 Å². The Morgan fingerprint density at radius 1 is 0.960 bits per heavy atom. The number of aromatic nitrogens is 2. The Labute approximate surface area is 147 Å². The maximum Gasteiger partial charge on any atom is 0.319 e.